The van der Waals surface area contributed by atoms with Crippen molar-refractivity contribution in [2.24, 2.45) is 17.6 Å². The molecule has 0 aliphatic rings. The molecule has 0 spiro atoms. The van der Waals surface area contributed by atoms with Crippen LogP contribution in [-0.4, -0.2) is 24.0 Å². The van der Waals surface area contributed by atoms with E-state index in [0.29, 0.717) is 11.8 Å². The highest BCUT2D eigenvalue weighted by Gasteiger charge is 2.34. The van der Waals surface area contributed by atoms with Crippen molar-refractivity contribution >= 4 is 11.3 Å². The van der Waals surface area contributed by atoms with E-state index in [-0.39, 0.29) is 5.54 Å². The summed E-state index contributed by atoms with van der Waals surface area (Å²) >= 11 is 1.77. The molecular weight excluding hydrogens is 252 g/mol. The number of nitrogens with two attached hydrogens (primary N) is 1. The Morgan fingerprint density at radius 3 is 2.16 bits per heavy atom. The van der Waals surface area contributed by atoms with Crippen molar-refractivity contribution < 1.29 is 0 Å². The van der Waals surface area contributed by atoms with Crippen LogP contribution in [0.25, 0.3) is 0 Å². The molecule has 0 aliphatic heterocycles. The lowest BCUT2D eigenvalue weighted by atomic mass is 9.80. The average Bonchev–Trinajstić information content (AvgIpc) is 2.79. The van der Waals surface area contributed by atoms with Crippen LogP contribution >= 0.6 is 11.3 Å². The molecule has 3 heteroatoms. The molecule has 0 atom stereocenters. The van der Waals surface area contributed by atoms with Gasteiger partial charge in [-0.3, -0.25) is 4.90 Å². The first kappa shape index (κ1) is 16.7. The summed E-state index contributed by atoms with van der Waals surface area (Å²) in [5, 5.41) is 4.39. The maximum absolute atomic E-state index is 6.20. The van der Waals surface area contributed by atoms with Crippen LogP contribution in [0.2, 0.25) is 0 Å². The molecule has 0 radical (unpaired) electrons. The summed E-state index contributed by atoms with van der Waals surface area (Å²) in [6, 6.07) is 2.22. The van der Waals surface area contributed by atoms with Gasteiger partial charge in [0.05, 0.1) is 0 Å². The second kappa shape index (κ2) is 7.41. The zero-order valence-electron chi connectivity index (χ0n) is 13.1. The Morgan fingerprint density at radius 1 is 1.21 bits per heavy atom. The highest BCUT2D eigenvalue weighted by molar-refractivity contribution is 7.07. The number of hydrogen-bond acceptors (Lipinski definition) is 3. The predicted octanol–water partition coefficient (Wildman–Crippen LogP) is 3.97. The minimum Gasteiger partial charge on any atom is -0.329 e. The van der Waals surface area contributed by atoms with Gasteiger partial charge >= 0.3 is 0 Å². The van der Waals surface area contributed by atoms with Crippen LogP contribution in [0.15, 0.2) is 16.8 Å². The van der Waals surface area contributed by atoms with Crippen LogP contribution in [0.1, 0.15) is 46.1 Å². The Kier molecular flexibility index (Phi) is 6.51. The minimum absolute atomic E-state index is 0.129. The first-order chi connectivity index (χ1) is 8.89. The number of thiophene rings is 1. The van der Waals surface area contributed by atoms with Crippen LogP contribution in [-0.2, 0) is 6.54 Å². The fraction of sp³-hybridized carbons (Fsp3) is 0.750. The summed E-state index contributed by atoms with van der Waals surface area (Å²) < 4.78 is 0. The molecule has 1 heterocycles. The second-order valence-electron chi connectivity index (χ2n) is 6.61. The van der Waals surface area contributed by atoms with E-state index in [0.717, 1.165) is 13.1 Å². The highest BCUT2D eigenvalue weighted by Crippen LogP contribution is 2.31. The fourth-order valence-electron chi connectivity index (χ4n) is 3.06. The monoisotopic (exact) mass is 282 g/mol. The Bertz CT molecular complexity index is 334. The third kappa shape index (κ3) is 4.90. The lowest BCUT2D eigenvalue weighted by Crippen LogP contribution is -2.53. The van der Waals surface area contributed by atoms with Crippen molar-refractivity contribution in [1.29, 1.82) is 0 Å². The van der Waals surface area contributed by atoms with E-state index in [1.807, 2.05) is 0 Å². The van der Waals surface area contributed by atoms with Gasteiger partial charge in [-0.25, -0.2) is 0 Å². The molecule has 2 N–H and O–H groups in total. The van der Waals surface area contributed by atoms with Gasteiger partial charge in [0.1, 0.15) is 0 Å². The largest absolute Gasteiger partial charge is 0.329 e. The summed E-state index contributed by atoms with van der Waals surface area (Å²) in [6.07, 6.45) is 2.34. The number of rotatable bonds is 8. The first-order valence-electron chi connectivity index (χ1n) is 7.32. The molecule has 0 saturated heterocycles. The zero-order chi connectivity index (χ0) is 14.5. The average molecular weight is 282 g/mol. The molecule has 0 fully saturated rings. The normalized spacial score (nSPS) is 12.9. The molecule has 1 aromatic rings. The van der Waals surface area contributed by atoms with Crippen molar-refractivity contribution in [1.82, 2.24) is 4.90 Å². The van der Waals surface area contributed by atoms with Gasteiger partial charge in [-0.1, -0.05) is 27.7 Å². The van der Waals surface area contributed by atoms with Crippen molar-refractivity contribution in [2.45, 2.75) is 52.6 Å². The summed E-state index contributed by atoms with van der Waals surface area (Å²) in [7, 11) is 2.23. The van der Waals surface area contributed by atoms with Crippen molar-refractivity contribution in [3.05, 3.63) is 22.4 Å². The Labute approximate surface area is 123 Å². The SMILES string of the molecule is CC(C)CC(CN)(CC(C)C)N(C)Cc1ccsc1. The van der Waals surface area contributed by atoms with E-state index in [1.54, 1.807) is 11.3 Å². The Morgan fingerprint density at radius 2 is 1.79 bits per heavy atom. The van der Waals surface area contributed by atoms with E-state index >= 15 is 0 Å². The van der Waals surface area contributed by atoms with Gasteiger partial charge in [-0.2, -0.15) is 11.3 Å². The molecular formula is C16H30N2S. The molecule has 19 heavy (non-hydrogen) atoms. The fourth-order valence-corrected chi connectivity index (χ4v) is 3.72. The molecule has 2 nitrogen and oxygen atoms in total. The molecule has 110 valence electrons. The maximum atomic E-state index is 6.20. The molecule has 0 aliphatic carbocycles. The van der Waals surface area contributed by atoms with E-state index in [4.69, 9.17) is 5.73 Å². The van der Waals surface area contributed by atoms with Gasteiger partial charge in [0.15, 0.2) is 0 Å². The van der Waals surface area contributed by atoms with E-state index in [9.17, 15) is 0 Å². The van der Waals surface area contributed by atoms with E-state index in [1.165, 1.54) is 18.4 Å². The molecule has 0 bridgehead atoms. The lowest BCUT2D eigenvalue weighted by molar-refractivity contribution is 0.0715. The van der Waals surface area contributed by atoms with Gasteiger partial charge in [0, 0.05) is 18.6 Å². The Balaban J connectivity index is 2.86. The summed E-state index contributed by atoms with van der Waals surface area (Å²) in [6.45, 7) is 10.9. The van der Waals surface area contributed by atoms with E-state index < -0.39 is 0 Å². The van der Waals surface area contributed by atoms with Crippen molar-refractivity contribution in [2.75, 3.05) is 13.6 Å². The quantitative estimate of drug-likeness (QED) is 0.781. The number of likely N-dealkylation sites (N-methyl/N-ethyl adjacent to an activating group) is 1. The molecule has 1 rings (SSSR count). The lowest BCUT2D eigenvalue weighted by Gasteiger charge is -2.44. The van der Waals surface area contributed by atoms with Gasteiger partial charge in [-0.05, 0) is 54.1 Å². The zero-order valence-corrected chi connectivity index (χ0v) is 14.0. The Hall–Kier alpha value is -0.380. The van der Waals surface area contributed by atoms with Crippen molar-refractivity contribution in [3.8, 4) is 0 Å². The third-order valence-corrected chi connectivity index (χ3v) is 4.50. The van der Waals surface area contributed by atoms with Crippen LogP contribution in [0.5, 0.6) is 0 Å². The second-order valence-corrected chi connectivity index (χ2v) is 7.39. The molecule has 0 aromatic carbocycles. The molecule has 0 amide bonds. The summed E-state index contributed by atoms with van der Waals surface area (Å²) in [5.41, 5.74) is 7.73. The van der Waals surface area contributed by atoms with Crippen LogP contribution in [0.3, 0.4) is 0 Å². The molecule has 0 unspecified atom stereocenters. The molecule has 1 aromatic heterocycles. The predicted molar refractivity (Wildman–Crippen MR) is 86.5 cm³/mol. The van der Waals surface area contributed by atoms with Gasteiger partial charge in [-0.15, -0.1) is 0 Å². The summed E-state index contributed by atoms with van der Waals surface area (Å²) in [4.78, 5) is 2.48. The minimum atomic E-state index is 0.129. The third-order valence-electron chi connectivity index (χ3n) is 3.77. The van der Waals surface area contributed by atoms with E-state index in [2.05, 4.69) is 56.5 Å². The standard InChI is InChI=1S/C16H30N2S/c1-13(2)8-16(12-17,9-14(3)4)18(5)10-15-6-7-19-11-15/h6-7,11,13-14H,8-10,12,17H2,1-5H3. The van der Waals surface area contributed by atoms with Gasteiger partial charge < -0.3 is 5.73 Å². The first-order valence-corrected chi connectivity index (χ1v) is 8.26. The van der Waals surface area contributed by atoms with Crippen LogP contribution in [0.4, 0.5) is 0 Å². The number of hydrogen-bond donors (Lipinski definition) is 1. The van der Waals surface area contributed by atoms with Crippen LogP contribution < -0.4 is 5.73 Å². The smallest absolute Gasteiger partial charge is 0.0337 e. The van der Waals surface area contributed by atoms with Crippen LogP contribution in [0, 0.1) is 11.8 Å². The number of nitrogens with zero attached hydrogens (tertiary/aromatic N) is 1. The highest BCUT2D eigenvalue weighted by atomic mass is 32.1. The van der Waals surface area contributed by atoms with Gasteiger partial charge in [0.25, 0.3) is 0 Å². The summed E-state index contributed by atoms with van der Waals surface area (Å²) in [5.74, 6) is 1.35. The van der Waals surface area contributed by atoms with Crippen molar-refractivity contribution in [3.63, 3.8) is 0 Å². The van der Waals surface area contributed by atoms with Gasteiger partial charge in [0.2, 0.25) is 0 Å². The molecule has 0 saturated carbocycles. The topological polar surface area (TPSA) is 29.3 Å². The maximum Gasteiger partial charge on any atom is 0.0337 e.